The summed E-state index contributed by atoms with van der Waals surface area (Å²) in [6, 6.07) is 3.49. The average Bonchev–Trinajstić information content (AvgIpc) is 3.38. The second kappa shape index (κ2) is 7.96. The number of hydrogen-bond donors (Lipinski definition) is 3. The summed E-state index contributed by atoms with van der Waals surface area (Å²) >= 11 is 0. The van der Waals surface area contributed by atoms with Crippen molar-refractivity contribution < 1.29 is 14.7 Å². The molecule has 0 radical (unpaired) electrons. The molecule has 1 atom stereocenters. The van der Waals surface area contributed by atoms with E-state index in [4.69, 9.17) is 4.74 Å². The molecule has 164 valence electrons. The standard InChI is InChI=1S/C22H28N6O3/c1-14-9-18(26-17-10-16(24-13-25-17)23-11-15-5-8-31-12-15)28(30)20-19(14)21(29)27-22(20)6-3-2-4-7-22/h9-10,13,15,30H,2-8,11-12H2,1H3,(H,27,29)(H,23,24,25). The van der Waals surface area contributed by atoms with Gasteiger partial charge in [-0.2, -0.15) is 4.73 Å². The number of aryl methyl sites for hydroxylation is 1. The average molecular weight is 425 g/mol. The van der Waals surface area contributed by atoms with E-state index in [-0.39, 0.29) is 5.91 Å². The molecule has 2 aromatic rings. The maximum Gasteiger partial charge on any atom is 0.254 e. The topological polar surface area (TPSA) is 114 Å². The number of fused-ring (bicyclic) bond motifs is 2. The van der Waals surface area contributed by atoms with Crippen molar-refractivity contribution in [3.05, 3.63) is 40.8 Å². The molecule has 9 nitrogen and oxygen atoms in total. The predicted molar refractivity (Wildman–Crippen MR) is 113 cm³/mol. The van der Waals surface area contributed by atoms with Crippen LogP contribution in [0.3, 0.4) is 0 Å². The monoisotopic (exact) mass is 424 g/mol. The Morgan fingerprint density at radius 1 is 1.32 bits per heavy atom. The summed E-state index contributed by atoms with van der Waals surface area (Å²) in [4.78, 5) is 25.8. The van der Waals surface area contributed by atoms with Crippen molar-refractivity contribution >= 4 is 17.5 Å². The van der Waals surface area contributed by atoms with Gasteiger partial charge < -0.3 is 20.6 Å². The maximum atomic E-state index is 12.7. The van der Waals surface area contributed by atoms with Gasteiger partial charge in [-0.05, 0) is 37.8 Å². The summed E-state index contributed by atoms with van der Waals surface area (Å²) in [5, 5.41) is 17.6. The predicted octanol–water partition coefficient (Wildman–Crippen LogP) is 2.41. The molecular weight excluding hydrogens is 396 g/mol. The zero-order chi connectivity index (χ0) is 21.4. The fourth-order valence-electron chi connectivity index (χ4n) is 5.01. The van der Waals surface area contributed by atoms with E-state index in [9.17, 15) is 10.0 Å². The van der Waals surface area contributed by atoms with Crippen molar-refractivity contribution in [1.82, 2.24) is 20.0 Å². The van der Waals surface area contributed by atoms with E-state index >= 15 is 0 Å². The van der Waals surface area contributed by atoms with Crippen LogP contribution in [-0.4, -0.2) is 45.6 Å². The molecule has 1 unspecified atom stereocenters. The van der Waals surface area contributed by atoms with Crippen molar-refractivity contribution in [3.63, 3.8) is 0 Å². The largest absolute Gasteiger partial charge is 0.427 e. The third-order valence-electron chi connectivity index (χ3n) is 6.62. The number of ether oxygens (including phenoxy) is 1. The molecule has 1 aliphatic carbocycles. The highest BCUT2D eigenvalue weighted by Crippen LogP contribution is 2.42. The van der Waals surface area contributed by atoms with Crippen molar-refractivity contribution in [1.29, 1.82) is 0 Å². The summed E-state index contributed by atoms with van der Waals surface area (Å²) in [5.74, 6) is 1.49. The normalized spacial score (nSPS) is 22.5. The van der Waals surface area contributed by atoms with Gasteiger partial charge in [0.15, 0.2) is 11.3 Å². The number of aromatic nitrogens is 3. The molecule has 0 aromatic carbocycles. The van der Waals surface area contributed by atoms with Crippen LogP contribution in [0.15, 0.2) is 23.5 Å². The minimum absolute atomic E-state index is 0.117. The van der Waals surface area contributed by atoms with Crippen molar-refractivity contribution in [2.24, 2.45) is 10.9 Å². The number of anilines is 1. The van der Waals surface area contributed by atoms with Crippen LogP contribution in [0.1, 0.15) is 60.1 Å². The van der Waals surface area contributed by atoms with Gasteiger partial charge in [-0.3, -0.25) is 4.79 Å². The van der Waals surface area contributed by atoms with Crippen LogP contribution < -0.4 is 16.1 Å². The quantitative estimate of drug-likeness (QED) is 0.650. The maximum absolute atomic E-state index is 12.7. The molecule has 4 heterocycles. The number of hydrogen-bond acceptors (Lipinski definition) is 7. The highest BCUT2D eigenvalue weighted by atomic mass is 16.5. The van der Waals surface area contributed by atoms with Gasteiger partial charge in [0.1, 0.15) is 12.1 Å². The molecule has 2 fully saturated rings. The SMILES string of the molecule is Cc1cc(=Nc2cc(NCC3CCOC3)ncn2)n(O)c2c1C(=O)NC21CCCCC1. The van der Waals surface area contributed by atoms with Gasteiger partial charge in [-0.15, -0.1) is 0 Å². The van der Waals surface area contributed by atoms with Gasteiger partial charge in [0, 0.05) is 25.1 Å². The van der Waals surface area contributed by atoms with E-state index < -0.39 is 5.54 Å². The molecular formula is C22H28N6O3. The molecule has 2 aromatic heterocycles. The third kappa shape index (κ3) is 3.67. The van der Waals surface area contributed by atoms with Crippen molar-refractivity contribution in [2.75, 3.05) is 25.1 Å². The second-order valence-corrected chi connectivity index (χ2v) is 8.80. The molecule has 3 aliphatic rings. The number of nitrogens with one attached hydrogen (secondary N) is 2. The Balaban J connectivity index is 1.50. The lowest BCUT2D eigenvalue weighted by Gasteiger charge is -2.34. The number of pyridine rings is 1. The first kappa shape index (κ1) is 20.0. The summed E-state index contributed by atoms with van der Waals surface area (Å²) in [6.07, 6.45) is 7.33. The highest BCUT2D eigenvalue weighted by molar-refractivity contribution is 6.00. The van der Waals surface area contributed by atoms with Crippen molar-refractivity contribution in [3.8, 4) is 0 Å². The summed E-state index contributed by atoms with van der Waals surface area (Å²) in [6.45, 7) is 4.24. The number of carbonyl (C=O) groups is 1. The molecule has 0 bridgehead atoms. The first-order chi connectivity index (χ1) is 15.1. The lowest BCUT2D eigenvalue weighted by Crippen LogP contribution is -2.43. The lowest BCUT2D eigenvalue weighted by molar-refractivity contribution is 0.0892. The summed E-state index contributed by atoms with van der Waals surface area (Å²) < 4.78 is 6.49. The molecule has 31 heavy (non-hydrogen) atoms. The smallest absolute Gasteiger partial charge is 0.254 e. The van der Waals surface area contributed by atoms with Crippen LogP contribution in [-0.2, 0) is 10.3 Å². The van der Waals surface area contributed by atoms with Gasteiger partial charge >= 0.3 is 0 Å². The highest BCUT2D eigenvalue weighted by Gasteiger charge is 2.47. The fourth-order valence-corrected chi connectivity index (χ4v) is 5.01. The second-order valence-electron chi connectivity index (χ2n) is 8.80. The number of nitrogens with zero attached hydrogens (tertiary/aromatic N) is 4. The van der Waals surface area contributed by atoms with Crippen LogP contribution in [0.2, 0.25) is 0 Å². The minimum atomic E-state index is -0.516. The Hall–Kier alpha value is -2.94. The van der Waals surface area contributed by atoms with E-state index in [1.165, 1.54) is 6.33 Å². The molecule has 3 N–H and O–H groups in total. The van der Waals surface area contributed by atoms with Crippen LogP contribution in [0.4, 0.5) is 11.6 Å². The Kier molecular flexibility index (Phi) is 5.13. The van der Waals surface area contributed by atoms with E-state index in [0.717, 1.165) is 68.6 Å². The molecule has 2 aliphatic heterocycles. The first-order valence-electron chi connectivity index (χ1n) is 11.0. The van der Waals surface area contributed by atoms with E-state index in [2.05, 4.69) is 25.6 Å². The Morgan fingerprint density at radius 2 is 2.16 bits per heavy atom. The Labute approximate surface area is 180 Å². The first-order valence-corrected chi connectivity index (χ1v) is 11.0. The van der Waals surface area contributed by atoms with Gasteiger partial charge in [0.25, 0.3) is 5.91 Å². The van der Waals surface area contributed by atoms with Crippen molar-refractivity contribution in [2.45, 2.75) is 51.0 Å². The van der Waals surface area contributed by atoms with E-state index in [1.54, 1.807) is 12.1 Å². The van der Waals surface area contributed by atoms with E-state index in [1.807, 2.05) is 6.92 Å². The number of amides is 1. The van der Waals surface area contributed by atoms with Crippen LogP contribution in [0.5, 0.6) is 0 Å². The Bertz CT molecular complexity index is 1070. The summed E-state index contributed by atoms with van der Waals surface area (Å²) in [7, 11) is 0. The molecule has 5 rings (SSSR count). The summed E-state index contributed by atoms with van der Waals surface area (Å²) in [5.41, 5.74) is 1.83. The van der Waals surface area contributed by atoms with Gasteiger partial charge in [-0.1, -0.05) is 19.3 Å². The molecule has 1 saturated carbocycles. The molecule has 1 saturated heterocycles. The van der Waals surface area contributed by atoms with Gasteiger partial charge in [0.2, 0.25) is 0 Å². The van der Waals surface area contributed by atoms with E-state index in [0.29, 0.717) is 34.3 Å². The van der Waals surface area contributed by atoms with Crippen LogP contribution in [0.25, 0.3) is 0 Å². The molecule has 1 spiro atoms. The zero-order valence-electron chi connectivity index (χ0n) is 17.7. The third-order valence-corrected chi connectivity index (χ3v) is 6.62. The molecule has 1 amide bonds. The van der Waals surface area contributed by atoms with Crippen LogP contribution in [0, 0.1) is 12.8 Å². The minimum Gasteiger partial charge on any atom is -0.427 e. The molecule has 9 heteroatoms. The van der Waals surface area contributed by atoms with Gasteiger partial charge in [-0.25, -0.2) is 15.0 Å². The number of rotatable bonds is 4. The fraction of sp³-hybridized carbons (Fsp3) is 0.545. The Morgan fingerprint density at radius 3 is 2.94 bits per heavy atom. The number of carbonyl (C=O) groups excluding carboxylic acids is 1. The zero-order valence-corrected chi connectivity index (χ0v) is 17.7. The lowest BCUT2D eigenvalue weighted by atomic mass is 9.79. The van der Waals surface area contributed by atoms with Crippen LogP contribution >= 0.6 is 0 Å². The van der Waals surface area contributed by atoms with Gasteiger partial charge in [0.05, 0.1) is 23.4 Å².